The minimum absolute atomic E-state index is 0. The normalized spacial score (nSPS) is 11.4. The monoisotopic (exact) mass is 1600 g/mol. The van der Waals surface area contributed by atoms with Crippen LogP contribution < -0.4 is 20.4 Å². The number of alkyl halides is 24. The van der Waals surface area contributed by atoms with Crippen molar-refractivity contribution in [3.63, 3.8) is 0 Å². The predicted octanol–water partition coefficient (Wildman–Crippen LogP) is 11.2. The third-order valence-electron chi connectivity index (χ3n) is 7.73. The van der Waals surface area contributed by atoms with Gasteiger partial charge in [-0.2, -0.15) is 105 Å². The van der Waals surface area contributed by atoms with Crippen LogP contribution >= 0.6 is 0 Å². The van der Waals surface area contributed by atoms with Gasteiger partial charge in [-0.25, -0.2) is 0 Å². The molecule has 0 radical (unpaired) electrons. The van der Waals surface area contributed by atoms with Gasteiger partial charge in [-0.05, 0) is 72.8 Å². The Kier molecular flexibility index (Phi) is 48.5. The Bertz CT molecular complexity index is 1730. The molecule has 0 N–H and O–H groups in total. The van der Waals surface area contributed by atoms with Crippen LogP contribution in [0.25, 0.3) is 0 Å². The summed E-state index contributed by atoms with van der Waals surface area (Å²) < 4.78 is 271. The fourth-order valence-electron chi connectivity index (χ4n) is 2.52. The molecule has 480 valence electrons. The maximum absolute atomic E-state index is 11.3. The Balaban J connectivity index is -0.000000128. The van der Waals surface area contributed by atoms with Crippen molar-refractivity contribution in [1.29, 1.82) is 0 Å². The average Bonchev–Trinajstić information content (AvgIpc) is 3.36. The van der Waals surface area contributed by atoms with Gasteiger partial charge in [0.05, 0.1) is 22.4 Å². The van der Waals surface area contributed by atoms with Crippen molar-refractivity contribution < 1.29 is 179 Å². The molecule has 0 saturated carbocycles. The van der Waals surface area contributed by atoms with E-state index in [2.05, 4.69) is 29.9 Å². The van der Waals surface area contributed by atoms with Crippen molar-refractivity contribution in [1.82, 2.24) is 29.9 Å². The van der Waals surface area contributed by atoms with Crippen LogP contribution in [0.15, 0.2) is 184 Å². The molecular weight excluding hydrogens is 1560 g/mol. The Morgan fingerprint density at radius 1 is 0.190 bits per heavy atom. The van der Waals surface area contributed by atoms with E-state index in [1.807, 2.05) is 109 Å². The third kappa shape index (κ3) is 41.4. The van der Waals surface area contributed by atoms with Gasteiger partial charge < -0.3 is 31.4 Å². The molecule has 6 aromatic heterocycles. The van der Waals surface area contributed by atoms with Gasteiger partial charge in [0.25, 0.3) is 0 Å². The summed E-state index contributed by atoms with van der Waals surface area (Å²) in [5.41, 5.74) is -19.5. The molecule has 0 aromatic carbocycles. The molecule has 0 bridgehead atoms. The first-order chi connectivity index (χ1) is 36.0. The van der Waals surface area contributed by atoms with Gasteiger partial charge >= 0.3 is 49.4 Å². The summed E-state index contributed by atoms with van der Waals surface area (Å²) >= 11 is 0. The number of hydrogen-bond acceptors (Lipinski definition) is 10. The molecule has 0 saturated heterocycles. The Morgan fingerprint density at radius 2 is 0.262 bits per heavy atom. The standard InChI is InChI=1S/6C5H5N.4C4H3F6O.2O.2W/c6*1-2-4-6-5-3-1;4*1-2(11,3(5,6)7)4(8,9)10;;;;/h6*1-5H;4*1H3;;;;/q;;;;;;4*-1;2*-2;;. The predicted molar refractivity (Wildman–Crippen MR) is 229 cm³/mol. The Labute approximate surface area is 490 Å². The Morgan fingerprint density at radius 3 is 0.274 bits per heavy atom. The summed E-state index contributed by atoms with van der Waals surface area (Å²) in [6.07, 6.45) is -25.4. The van der Waals surface area contributed by atoms with Gasteiger partial charge in [0.15, 0.2) is 0 Å². The number of nitrogens with zero attached hydrogens (tertiary/aromatic N) is 6. The fraction of sp³-hybridized carbons (Fsp3) is 0.348. The topological polar surface area (TPSA) is 227 Å². The van der Waals surface area contributed by atoms with E-state index in [9.17, 15) is 126 Å². The van der Waals surface area contributed by atoms with Crippen LogP contribution in [0.2, 0.25) is 0 Å². The van der Waals surface area contributed by atoms with Crippen molar-refractivity contribution in [2.75, 3.05) is 0 Å². The van der Waals surface area contributed by atoms with E-state index in [0.29, 0.717) is 0 Å². The molecule has 0 amide bonds. The fourth-order valence-corrected chi connectivity index (χ4v) is 2.52. The smallest absolute Gasteiger partial charge is 0.388 e. The van der Waals surface area contributed by atoms with Crippen LogP contribution in [-0.2, 0) is 53.1 Å². The second-order valence-electron chi connectivity index (χ2n) is 14.3. The van der Waals surface area contributed by atoms with Crippen molar-refractivity contribution in [3.8, 4) is 0 Å². The number of halogens is 24. The molecule has 0 aliphatic carbocycles. The van der Waals surface area contributed by atoms with E-state index in [-0.39, 0.29) is 53.1 Å². The van der Waals surface area contributed by atoms with Crippen molar-refractivity contribution >= 4 is 0 Å². The number of aromatic nitrogens is 6. The van der Waals surface area contributed by atoms with E-state index in [1.165, 1.54) is 0 Å². The zero-order valence-electron chi connectivity index (χ0n) is 42.3. The van der Waals surface area contributed by atoms with Crippen molar-refractivity contribution in [3.05, 3.63) is 184 Å². The molecule has 0 aliphatic rings. The SMILES string of the molecule is CC([O-])(C(F)(F)F)C(F)(F)F.CC([O-])(C(F)(F)F)C(F)(F)F.CC([O-])(C(F)(F)F)C(F)(F)F.CC([O-])(C(F)(F)F)C(F)(F)F.[O-2].[O-2].[W].[W].c1ccncc1.c1ccncc1.c1ccncc1.c1ccncc1.c1ccncc1.c1ccncc1. The molecular formula is C46H42F24N6O6W2-8. The van der Waals surface area contributed by atoms with E-state index in [4.69, 9.17) is 0 Å². The summed E-state index contributed by atoms with van der Waals surface area (Å²) in [6, 6.07) is 34.3. The van der Waals surface area contributed by atoms with E-state index in [1.54, 1.807) is 74.4 Å². The van der Waals surface area contributed by atoms with Gasteiger partial charge in [0, 0.05) is 116 Å². The molecule has 0 aliphatic heterocycles. The molecule has 38 heteroatoms. The summed E-state index contributed by atoms with van der Waals surface area (Å²) in [5.74, 6) is 0. The van der Waals surface area contributed by atoms with Crippen LogP contribution in [0.3, 0.4) is 0 Å². The molecule has 6 rings (SSSR count). The molecule has 0 fully saturated rings. The zero-order chi connectivity index (χ0) is 63.5. The molecule has 12 nitrogen and oxygen atoms in total. The quantitative estimate of drug-likeness (QED) is 0.131. The molecule has 6 heterocycles. The summed E-state index contributed by atoms with van der Waals surface area (Å²) in [4.78, 5) is 22.7. The first kappa shape index (κ1) is 94.7. The van der Waals surface area contributed by atoms with Gasteiger partial charge in [-0.3, -0.25) is 29.9 Å². The third-order valence-corrected chi connectivity index (χ3v) is 7.73. The molecule has 0 unspecified atom stereocenters. The van der Waals surface area contributed by atoms with Gasteiger partial charge in [0.2, 0.25) is 0 Å². The van der Waals surface area contributed by atoms with Crippen molar-refractivity contribution in [2.45, 2.75) is 99.5 Å². The second kappa shape index (κ2) is 43.0. The molecule has 0 spiro atoms. The molecule has 84 heavy (non-hydrogen) atoms. The van der Waals surface area contributed by atoms with E-state index < -0.39 is 99.5 Å². The van der Waals surface area contributed by atoms with Crippen LogP contribution in [0, 0.1) is 0 Å². The first-order valence-corrected chi connectivity index (χ1v) is 20.5. The van der Waals surface area contributed by atoms with Crippen molar-refractivity contribution in [2.24, 2.45) is 0 Å². The van der Waals surface area contributed by atoms with E-state index in [0.717, 1.165) is 0 Å². The maximum atomic E-state index is 11.3. The van der Waals surface area contributed by atoms with Crippen LogP contribution in [0.4, 0.5) is 105 Å². The van der Waals surface area contributed by atoms with Crippen LogP contribution in [0.5, 0.6) is 0 Å². The number of pyridine rings is 6. The van der Waals surface area contributed by atoms with Crippen LogP contribution in [-0.4, -0.2) is 102 Å². The van der Waals surface area contributed by atoms with Gasteiger partial charge in [-0.15, -0.1) is 0 Å². The number of rotatable bonds is 0. The summed E-state index contributed by atoms with van der Waals surface area (Å²) in [7, 11) is 0. The van der Waals surface area contributed by atoms with Gasteiger partial charge in [-0.1, -0.05) is 64.1 Å². The largest absolute Gasteiger partial charge is 2.00 e. The summed E-state index contributed by atoms with van der Waals surface area (Å²) in [6.45, 7) is -1.81. The van der Waals surface area contributed by atoms with Gasteiger partial charge in [0.1, 0.15) is 0 Å². The van der Waals surface area contributed by atoms with Crippen LogP contribution in [0.1, 0.15) is 27.7 Å². The maximum Gasteiger partial charge on any atom is 0.388 e. The Hall–Kier alpha value is -5.64. The minimum Gasteiger partial charge on any atom is -2.00 e. The minimum atomic E-state index is -5.80. The second-order valence-corrected chi connectivity index (χ2v) is 14.3. The number of hydrogen-bond donors (Lipinski definition) is 0. The van der Waals surface area contributed by atoms with E-state index >= 15 is 0 Å². The molecule has 0 atom stereocenters. The average molecular weight is 1600 g/mol. The first-order valence-electron chi connectivity index (χ1n) is 20.5. The molecule has 6 aromatic rings. The zero-order valence-corrected chi connectivity index (χ0v) is 48.2. The summed E-state index contributed by atoms with van der Waals surface area (Å²) in [5, 5.41) is 39.6.